The minimum absolute atomic E-state index is 0.0368. The van der Waals surface area contributed by atoms with Crippen molar-refractivity contribution in [2.45, 2.75) is 148 Å². The molecule has 6 aliphatic heterocycles. The summed E-state index contributed by atoms with van der Waals surface area (Å²) >= 11 is 0. The van der Waals surface area contributed by atoms with E-state index in [-0.39, 0.29) is 115 Å². The molecule has 0 bridgehead atoms. The summed E-state index contributed by atoms with van der Waals surface area (Å²) in [6, 6.07) is 26.9. The molecule has 15 rings (SSSR count). The molecule has 9 aromatic rings. The van der Waals surface area contributed by atoms with E-state index >= 15 is 26.3 Å². The normalized spacial score (nSPS) is 21.3. The van der Waals surface area contributed by atoms with Gasteiger partial charge in [0.05, 0.1) is 51.2 Å². The summed E-state index contributed by atoms with van der Waals surface area (Å²) in [5, 5.41) is 2.57. The van der Waals surface area contributed by atoms with Crippen molar-refractivity contribution in [2.75, 3.05) is 112 Å². The van der Waals surface area contributed by atoms with Crippen molar-refractivity contribution >= 4 is 32.7 Å². The van der Waals surface area contributed by atoms with Crippen molar-refractivity contribution in [3.8, 4) is 17.2 Å². The van der Waals surface area contributed by atoms with Crippen LogP contribution in [0.5, 0.6) is 17.2 Å². The number of nitrogens with one attached hydrogen (secondary N) is 2. The summed E-state index contributed by atoms with van der Waals surface area (Å²) in [6.45, 7) is 19.6. The average molecular weight is 1560 g/mol. The van der Waals surface area contributed by atoms with Gasteiger partial charge in [-0.3, -0.25) is 42.6 Å². The monoisotopic (exact) mass is 1560 g/mol. The number of aryl methyl sites for hydroxylation is 1. The van der Waals surface area contributed by atoms with Gasteiger partial charge in [-0.1, -0.05) is 89.2 Å². The van der Waals surface area contributed by atoms with Gasteiger partial charge in [-0.25, -0.2) is 43.9 Å². The number of para-hydroxylation sites is 3. The number of nitrogens with zero attached hydrogens (tertiary/aromatic N) is 7. The SMILES string of the molecule is CC1Cc2c(c3ccccc3n2C)C(c2c(F)cc(OCCN3CC(CF)C3)cc2F)N1CC(C)(C)C.CCC(F)(F)CN1[C@H](c2c(F)cc(OC3CN(CCCF)C3)cc2F)c2c([nH]c3ccccc23)C[C@H]1C.CCC(F)(F)CN1[C@H](c2c(F)cc(OCCN3CC(CF)C3)cc2F)c2c([nH]c3ccccc23)C[C@H]1C. The fraction of sp³-hybridized carbons (Fsp3) is 0.512. The highest BCUT2D eigenvalue weighted by molar-refractivity contribution is 5.88. The van der Waals surface area contributed by atoms with Crippen LogP contribution in [-0.4, -0.2) is 192 Å². The fourth-order valence-electron chi connectivity index (χ4n) is 17.3. The molecule has 25 heteroatoms. The molecule has 3 aromatic heterocycles. The second-order valence-corrected chi connectivity index (χ2v) is 32.6. The lowest BCUT2D eigenvalue weighted by molar-refractivity contribution is -0.0551. The number of aromatic amines is 2. The maximum Gasteiger partial charge on any atom is 0.260 e. The second-order valence-electron chi connectivity index (χ2n) is 32.6. The zero-order valence-electron chi connectivity index (χ0n) is 64.6. The lowest BCUT2D eigenvalue weighted by Gasteiger charge is -2.44. The predicted molar refractivity (Wildman–Crippen MR) is 408 cm³/mol. The third-order valence-electron chi connectivity index (χ3n) is 23.1. The quantitative estimate of drug-likeness (QED) is 0.0544. The van der Waals surface area contributed by atoms with Crippen LogP contribution in [0.1, 0.15) is 143 Å². The number of alkyl halides is 7. The molecule has 2 N–H and O–H groups in total. The van der Waals surface area contributed by atoms with Crippen molar-refractivity contribution in [1.82, 2.24) is 43.9 Å². The van der Waals surface area contributed by atoms with Gasteiger partial charge in [-0.05, 0) is 50.8 Å². The Morgan fingerprint density at radius 2 is 0.829 bits per heavy atom. The number of likely N-dealkylation sites (tertiary alicyclic amines) is 3. The van der Waals surface area contributed by atoms with Crippen molar-refractivity contribution < 1.29 is 71.3 Å². The van der Waals surface area contributed by atoms with Gasteiger partial charge in [0, 0.05) is 254 Å². The Labute approximate surface area is 641 Å². The number of hydrogen-bond donors (Lipinski definition) is 2. The molecule has 12 nitrogen and oxygen atoms in total. The summed E-state index contributed by atoms with van der Waals surface area (Å²) in [5.41, 5.74) is 7.18. The van der Waals surface area contributed by atoms with Gasteiger partial charge in [0.15, 0.2) is 0 Å². The Hall–Kier alpha value is -7.81. The number of aromatic nitrogens is 3. The molecule has 3 saturated heterocycles. The van der Waals surface area contributed by atoms with Crippen molar-refractivity contribution in [1.29, 1.82) is 0 Å². The summed E-state index contributed by atoms with van der Waals surface area (Å²) in [4.78, 5) is 18.1. The standard InChI is InChI=1S/C30H38F3N3O.2C28H32F5N3O/c1-19-12-26-27(22-8-6-7-9-25(22)34(26)5)29(36(19)18-30(2,3)4)28-23(32)13-21(14-24(28)33)37-11-10-35-16-20(15-31)17-35;1-3-28(32,33)16-36-17(2)11-24-25(20-7-4-5-8-23(20)34-24)27(36)26-21(30)12-18(13-22(26)31)37-19-14-35(15-19)10-6-9-29;1-3-28(32,33)16-36-17(2)10-24-25(20-6-4-5-7-23(20)34-24)27(36)26-21(30)11-19(12-22(26)31)37-9-8-35-14-18(13-29)15-35/h6-9,13-14,19-20,29H,10-12,15-18H2,1-5H3;4-5,7-8,12-13,17,19,27,34H,3,6,9-11,14-16H2,1-2H3;4-7,11-12,17-18,27,34H,3,8-10,13-16H2,1-2H3/t;2*17-,27+/m.11/s1. The molecule has 0 saturated carbocycles. The summed E-state index contributed by atoms with van der Waals surface area (Å²) < 4.78 is 210. The van der Waals surface area contributed by atoms with Gasteiger partial charge in [0.1, 0.15) is 71.5 Å². The van der Waals surface area contributed by atoms with Crippen LogP contribution >= 0.6 is 0 Å². The highest BCUT2D eigenvalue weighted by Gasteiger charge is 2.47. The molecule has 0 radical (unpaired) electrons. The predicted octanol–water partition coefficient (Wildman–Crippen LogP) is 18.5. The van der Waals surface area contributed by atoms with Crippen molar-refractivity contribution in [3.63, 3.8) is 0 Å². The van der Waals surface area contributed by atoms with E-state index in [0.717, 1.165) is 86.0 Å². The highest BCUT2D eigenvalue weighted by atomic mass is 19.3. The Balaban J connectivity index is 0.000000146. The van der Waals surface area contributed by atoms with E-state index in [1.54, 1.807) is 0 Å². The van der Waals surface area contributed by atoms with Crippen molar-refractivity contribution in [2.24, 2.45) is 24.3 Å². The molecule has 0 spiro atoms. The molecule has 0 aliphatic carbocycles. The average Bonchev–Trinajstić information content (AvgIpc) is 1.62. The fourth-order valence-corrected chi connectivity index (χ4v) is 17.3. The highest BCUT2D eigenvalue weighted by Crippen LogP contribution is 2.50. The molecule has 2 unspecified atom stereocenters. The van der Waals surface area contributed by atoms with E-state index < -0.39 is 78.0 Å². The molecule has 6 atom stereocenters. The number of rotatable bonds is 25. The largest absolute Gasteiger partial charge is 0.492 e. The molecule has 0 amide bonds. The summed E-state index contributed by atoms with van der Waals surface area (Å²) in [5.74, 6) is -10.1. The first-order valence-electron chi connectivity index (χ1n) is 39.0. The van der Waals surface area contributed by atoms with Crippen LogP contribution in [0.3, 0.4) is 0 Å². The van der Waals surface area contributed by atoms with Crippen molar-refractivity contribution in [3.05, 3.63) is 195 Å². The van der Waals surface area contributed by atoms with Crippen LogP contribution in [0.25, 0.3) is 32.7 Å². The van der Waals surface area contributed by atoms with E-state index in [4.69, 9.17) is 14.2 Å². The van der Waals surface area contributed by atoms with Crippen LogP contribution in [0, 0.1) is 52.2 Å². The molecule has 9 heterocycles. The van der Waals surface area contributed by atoms with E-state index in [0.29, 0.717) is 102 Å². The van der Waals surface area contributed by atoms with Gasteiger partial charge in [0.25, 0.3) is 11.8 Å². The Bertz CT molecular complexity index is 4640. The lowest BCUT2D eigenvalue weighted by atomic mass is 9.84. The van der Waals surface area contributed by atoms with Crippen LogP contribution in [0.2, 0.25) is 0 Å². The topological polar surface area (TPSA) is 83.6 Å². The smallest absolute Gasteiger partial charge is 0.260 e. The summed E-state index contributed by atoms with van der Waals surface area (Å²) in [6.07, 6.45) is 1.20. The molecule has 6 aliphatic rings. The minimum atomic E-state index is -3.01. The van der Waals surface area contributed by atoms with Crippen LogP contribution < -0.4 is 14.2 Å². The van der Waals surface area contributed by atoms with Gasteiger partial charge in [0.2, 0.25) is 0 Å². The number of fused-ring (bicyclic) bond motifs is 9. The number of H-pyrrole nitrogens is 2. The first-order chi connectivity index (χ1) is 53.0. The molecular formula is C86H102F13N9O3. The van der Waals surface area contributed by atoms with E-state index in [9.17, 15) is 30.7 Å². The van der Waals surface area contributed by atoms with Gasteiger partial charge in [-0.2, -0.15) is 0 Å². The van der Waals surface area contributed by atoms with Gasteiger partial charge >= 0.3 is 0 Å². The minimum Gasteiger partial charge on any atom is -0.492 e. The van der Waals surface area contributed by atoms with Gasteiger partial charge < -0.3 is 28.7 Å². The first kappa shape index (κ1) is 81.2. The molecular weight excluding hydrogens is 1450 g/mol. The third-order valence-corrected chi connectivity index (χ3v) is 23.1. The maximum atomic E-state index is 15.9. The zero-order chi connectivity index (χ0) is 79.1. The first-order valence-corrected chi connectivity index (χ1v) is 39.0. The zero-order valence-corrected chi connectivity index (χ0v) is 64.6. The Morgan fingerprint density at radius 3 is 1.24 bits per heavy atom. The number of ether oxygens (including phenoxy) is 3. The number of halogens is 13. The van der Waals surface area contributed by atoms with E-state index in [1.165, 1.54) is 35.8 Å². The molecule has 600 valence electrons. The second kappa shape index (κ2) is 33.7. The number of hydrogen-bond acceptors (Lipinski definition) is 9. The number of benzene rings is 6. The maximum absolute atomic E-state index is 15.9. The molecule has 6 aromatic carbocycles. The molecule has 111 heavy (non-hydrogen) atoms. The molecule has 3 fully saturated rings. The Kier molecular flexibility index (Phi) is 24.7. The van der Waals surface area contributed by atoms with Crippen LogP contribution in [-0.2, 0) is 26.3 Å². The van der Waals surface area contributed by atoms with E-state index in [2.05, 4.69) is 64.2 Å². The lowest BCUT2D eigenvalue weighted by Crippen LogP contribution is -2.53. The van der Waals surface area contributed by atoms with Crippen LogP contribution in [0.15, 0.2) is 109 Å². The third kappa shape index (κ3) is 17.5. The van der Waals surface area contributed by atoms with Crippen LogP contribution in [0.4, 0.5) is 57.1 Å². The summed E-state index contributed by atoms with van der Waals surface area (Å²) in [7, 11) is 2.04. The van der Waals surface area contributed by atoms with Gasteiger partial charge in [-0.15, -0.1) is 0 Å². The van der Waals surface area contributed by atoms with E-state index in [1.807, 2.05) is 91.4 Å². The Morgan fingerprint density at radius 1 is 0.450 bits per heavy atom.